The Morgan fingerprint density at radius 3 is 2.68 bits per heavy atom. The first kappa shape index (κ1) is 18.2. The average Bonchev–Trinajstić information content (AvgIpc) is 2.40. The fourth-order valence-corrected chi connectivity index (χ4v) is 1.59. The molecule has 2 amide bonds. The Morgan fingerprint density at radius 1 is 1.41 bits per heavy atom. The van der Waals surface area contributed by atoms with Gasteiger partial charge in [0, 0.05) is 13.7 Å². The highest BCUT2D eigenvalue weighted by Gasteiger charge is 2.31. The van der Waals surface area contributed by atoms with Gasteiger partial charge < -0.3 is 20.5 Å². The monoisotopic (exact) mass is 324 g/mol. The van der Waals surface area contributed by atoms with Gasteiger partial charge in [-0.2, -0.15) is 13.2 Å². The summed E-state index contributed by atoms with van der Waals surface area (Å²) in [6.45, 7) is 0.141. The van der Waals surface area contributed by atoms with Crippen molar-refractivity contribution in [1.29, 1.82) is 0 Å². The maximum Gasteiger partial charge on any atom is 0.416 e. The number of aliphatic hydroxyl groups is 1. The molecule has 0 aliphatic carbocycles. The third-order valence-corrected chi connectivity index (χ3v) is 2.66. The predicted molar refractivity (Wildman–Crippen MR) is 70.9 cm³/mol. The first-order valence-corrected chi connectivity index (χ1v) is 6.32. The lowest BCUT2D eigenvalue weighted by Gasteiger charge is -2.13. The van der Waals surface area contributed by atoms with E-state index in [-0.39, 0.29) is 19.6 Å². The highest BCUT2D eigenvalue weighted by Crippen LogP contribution is 2.31. The zero-order valence-electron chi connectivity index (χ0n) is 11.7. The number of hydrogen-bond donors (Lipinski definition) is 3. The second kappa shape index (κ2) is 7.95. The molecule has 0 aromatic heterocycles. The van der Waals surface area contributed by atoms with Crippen molar-refractivity contribution >= 4 is 11.7 Å². The maximum atomic E-state index is 13.4. The number of urea groups is 1. The predicted octanol–water partition coefficient (Wildman–Crippen LogP) is 2.36. The van der Waals surface area contributed by atoms with Crippen molar-refractivity contribution in [2.45, 2.75) is 18.7 Å². The van der Waals surface area contributed by atoms with Gasteiger partial charge in [0.15, 0.2) is 0 Å². The van der Waals surface area contributed by atoms with Crippen LogP contribution < -0.4 is 10.6 Å². The standard InChI is InChI=1S/C13H16F4N2O3/c1-22-7-9(20)4-5-18-12(21)19-11-6-8(13(15,16)17)2-3-10(11)14/h2-3,6,9,20H,4-5,7H2,1H3,(H2,18,19,21). The molecule has 0 fully saturated rings. The molecular formula is C13H16F4N2O3. The molecule has 3 N–H and O–H groups in total. The number of halogens is 4. The van der Waals surface area contributed by atoms with Crippen molar-refractivity contribution in [2.24, 2.45) is 0 Å². The van der Waals surface area contributed by atoms with Crippen molar-refractivity contribution < 1.29 is 32.2 Å². The van der Waals surface area contributed by atoms with Crippen LogP contribution in [-0.2, 0) is 10.9 Å². The summed E-state index contributed by atoms with van der Waals surface area (Å²) in [5.41, 5.74) is -1.65. The van der Waals surface area contributed by atoms with Crippen LogP contribution in [0.5, 0.6) is 0 Å². The molecule has 9 heteroatoms. The summed E-state index contributed by atoms with van der Waals surface area (Å²) in [4.78, 5) is 11.5. The van der Waals surface area contributed by atoms with Crippen LogP contribution in [0.3, 0.4) is 0 Å². The van der Waals surface area contributed by atoms with Gasteiger partial charge >= 0.3 is 12.2 Å². The number of alkyl halides is 3. The third kappa shape index (κ3) is 5.86. The van der Waals surface area contributed by atoms with E-state index in [1.807, 2.05) is 5.32 Å². The van der Waals surface area contributed by atoms with E-state index in [0.29, 0.717) is 18.2 Å². The Hall–Kier alpha value is -1.87. The number of carbonyl (C=O) groups is 1. The molecule has 0 saturated heterocycles. The highest BCUT2D eigenvalue weighted by molar-refractivity contribution is 5.89. The molecule has 1 atom stereocenters. The molecule has 22 heavy (non-hydrogen) atoms. The van der Waals surface area contributed by atoms with Gasteiger partial charge in [-0.1, -0.05) is 0 Å². The Kier molecular flexibility index (Phi) is 6.57. The van der Waals surface area contributed by atoms with Crippen LogP contribution in [0.25, 0.3) is 0 Å². The Bertz CT molecular complexity index is 509. The van der Waals surface area contributed by atoms with Gasteiger partial charge in [-0.15, -0.1) is 0 Å². The smallest absolute Gasteiger partial charge is 0.391 e. The molecule has 0 radical (unpaired) electrons. The number of ether oxygens (including phenoxy) is 1. The summed E-state index contributed by atoms with van der Waals surface area (Å²) in [6, 6.07) is 0.845. The molecular weight excluding hydrogens is 308 g/mol. The number of aliphatic hydroxyl groups excluding tert-OH is 1. The van der Waals surface area contributed by atoms with Gasteiger partial charge in [0.25, 0.3) is 0 Å². The van der Waals surface area contributed by atoms with Gasteiger partial charge in [0.05, 0.1) is 24.0 Å². The van der Waals surface area contributed by atoms with Gasteiger partial charge in [0.1, 0.15) is 5.82 Å². The van der Waals surface area contributed by atoms with Crippen LogP contribution in [0.2, 0.25) is 0 Å². The topological polar surface area (TPSA) is 70.6 Å². The largest absolute Gasteiger partial charge is 0.416 e. The van der Waals surface area contributed by atoms with Crippen molar-refractivity contribution in [3.8, 4) is 0 Å². The number of rotatable bonds is 6. The van der Waals surface area contributed by atoms with Crippen molar-refractivity contribution in [3.63, 3.8) is 0 Å². The molecule has 0 saturated carbocycles. The summed E-state index contributed by atoms with van der Waals surface area (Å²) in [5.74, 6) is -0.984. The number of benzene rings is 1. The minimum absolute atomic E-state index is 0.0525. The summed E-state index contributed by atoms with van der Waals surface area (Å²) in [7, 11) is 1.40. The fraction of sp³-hybridized carbons (Fsp3) is 0.462. The Morgan fingerprint density at radius 2 is 2.09 bits per heavy atom. The van der Waals surface area contributed by atoms with Gasteiger partial charge in [0.2, 0.25) is 0 Å². The molecule has 0 aliphatic rings. The van der Waals surface area contributed by atoms with Crippen molar-refractivity contribution in [3.05, 3.63) is 29.6 Å². The quantitative estimate of drug-likeness (QED) is 0.704. The third-order valence-electron chi connectivity index (χ3n) is 2.66. The molecule has 0 spiro atoms. The minimum Gasteiger partial charge on any atom is -0.391 e. The maximum absolute atomic E-state index is 13.4. The van der Waals surface area contributed by atoms with Gasteiger partial charge in [-0.05, 0) is 24.6 Å². The molecule has 1 aromatic rings. The van der Waals surface area contributed by atoms with Crippen LogP contribution in [0.15, 0.2) is 18.2 Å². The lowest BCUT2D eigenvalue weighted by Crippen LogP contribution is -2.32. The van der Waals surface area contributed by atoms with E-state index < -0.39 is 35.4 Å². The molecule has 5 nitrogen and oxygen atoms in total. The van der Waals surface area contributed by atoms with E-state index >= 15 is 0 Å². The number of anilines is 1. The van der Waals surface area contributed by atoms with Gasteiger partial charge in [-0.3, -0.25) is 0 Å². The SMILES string of the molecule is COCC(O)CCNC(=O)Nc1cc(C(F)(F)F)ccc1F. The molecule has 1 rings (SSSR count). The minimum atomic E-state index is -4.63. The highest BCUT2D eigenvalue weighted by atomic mass is 19.4. The number of carbonyl (C=O) groups excluding carboxylic acids is 1. The summed E-state index contributed by atoms with van der Waals surface area (Å²) >= 11 is 0. The summed E-state index contributed by atoms with van der Waals surface area (Å²) < 4.78 is 55.6. The zero-order valence-corrected chi connectivity index (χ0v) is 11.7. The number of hydrogen-bond acceptors (Lipinski definition) is 3. The molecule has 0 bridgehead atoms. The van der Waals surface area contributed by atoms with Crippen LogP contribution in [-0.4, -0.2) is 37.5 Å². The van der Waals surface area contributed by atoms with E-state index in [4.69, 9.17) is 0 Å². The molecule has 0 heterocycles. The number of methoxy groups -OCH3 is 1. The second-order valence-electron chi connectivity index (χ2n) is 4.47. The molecule has 1 unspecified atom stereocenters. The van der Waals surface area contributed by atoms with Crippen LogP contribution in [0.1, 0.15) is 12.0 Å². The van der Waals surface area contributed by atoms with E-state index in [9.17, 15) is 27.5 Å². The zero-order chi connectivity index (χ0) is 16.8. The molecule has 1 aromatic carbocycles. The van der Waals surface area contributed by atoms with E-state index in [1.165, 1.54) is 7.11 Å². The van der Waals surface area contributed by atoms with Crippen LogP contribution in [0, 0.1) is 5.82 Å². The average molecular weight is 324 g/mol. The van der Waals surface area contributed by atoms with Crippen LogP contribution >= 0.6 is 0 Å². The fourth-order valence-electron chi connectivity index (χ4n) is 1.59. The molecule has 124 valence electrons. The lowest BCUT2D eigenvalue weighted by atomic mass is 10.2. The van der Waals surface area contributed by atoms with E-state index in [2.05, 4.69) is 10.1 Å². The van der Waals surface area contributed by atoms with Crippen molar-refractivity contribution in [2.75, 3.05) is 25.6 Å². The van der Waals surface area contributed by atoms with E-state index in [1.54, 1.807) is 0 Å². The first-order valence-electron chi connectivity index (χ1n) is 6.32. The van der Waals surface area contributed by atoms with Crippen LogP contribution in [0.4, 0.5) is 28.0 Å². The Labute approximate surface area is 124 Å². The normalized spacial score (nSPS) is 12.8. The molecule has 0 aliphatic heterocycles. The van der Waals surface area contributed by atoms with Crippen molar-refractivity contribution in [1.82, 2.24) is 5.32 Å². The lowest BCUT2D eigenvalue weighted by molar-refractivity contribution is -0.137. The number of amides is 2. The first-order chi connectivity index (χ1) is 10.2. The van der Waals surface area contributed by atoms with E-state index in [0.717, 1.165) is 0 Å². The second-order valence-corrected chi connectivity index (χ2v) is 4.47. The number of nitrogens with one attached hydrogen (secondary N) is 2. The summed E-state index contributed by atoms with van der Waals surface area (Å²) in [5, 5.41) is 13.6. The Balaban J connectivity index is 2.57. The van der Waals surface area contributed by atoms with Gasteiger partial charge in [-0.25, -0.2) is 9.18 Å². The summed E-state index contributed by atoms with van der Waals surface area (Å²) in [6.07, 6.45) is -5.23.